The fourth-order valence-electron chi connectivity index (χ4n) is 3.97. The molecule has 3 rings (SSSR count). The zero-order valence-corrected chi connectivity index (χ0v) is 23.1. The maximum absolute atomic E-state index is 13.7. The quantitative estimate of drug-likeness (QED) is 0.333. The third-order valence-electron chi connectivity index (χ3n) is 6.13. The Morgan fingerprint density at radius 3 is 1.63 bits per heavy atom. The van der Waals surface area contributed by atoms with Gasteiger partial charge in [0, 0.05) is 23.5 Å². The zero-order valence-electron chi connectivity index (χ0n) is 23.1. The average molecular weight is 559 g/mol. The molecule has 0 unspecified atom stereocenters. The predicted molar refractivity (Wildman–Crippen MR) is 155 cm³/mol. The van der Waals surface area contributed by atoms with E-state index in [1.54, 1.807) is 34.1 Å². The van der Waals surface area contributed by atoms with Crippen LogP contribution >= 0.6 is 0 Å². The summed E-state index contributed by atoms with van der Waals surface area (Å²) < 4.78 is 0. The molecule has 10 nitrogen and oxygen atoms in total. The number of nitrogens with zero attached hydrogens (tertiary/aromatic N) is 4. The van der Waals surface area contributed by atoms with E-state index in [0.717, 1.165) is 37.4 Å². The Morgan fingerprint density at radius 2 is 1.22 bits per heavy atom. The fraction of sp³-hybridized carbons (Fsp3) is 0.258. The van der Waals surface area contributed by atoms with Crippen LogP contribution in [0.3, 0.4) is 0 Å². The molecule has 10 heteroatoms. The number of rotatable bonds is 11. The molecular weight excluding hydrogens is 524 g/mol. The SMILES string of the molecule is CCN(CC)CCCN(CC(=O)N(c1ccccc1)c1ccccc1)C(=O)c1ccc(C#N)cc1.O=C(O)C(=O)O. The molecule has 0 saturated carbocycles. The van der Waals surface area contributed by atoms with Crippen molar-refractivity contribution < 1.29 is 29.4 Å². The third kappa shape index (κ3) is 10.2. The smallest absolute Gasteiger partial charge is 0.414 e. The molecule has 0 heterocycles. The highest BCUT2D eigenvalue weighted by molar-refractivity contribution is 6.27. The number of para-hydroxylation sites is 2. The van der Waals surface area contributed by atoms with Crippen LogP contribution < -0.4 is 4.90 Å². The molecule has 0 spiro atoms. The average Bonchev–Trinajstić information content (AvgIpc) is 3.00. The second-order valence-corrected chi connectivity index (χ2v) is 8.81. The van der Waals surface area contributed by atoms with Crippen molar-refractivity contribution in [2.45, 2.75) is 20.3 Å². The number of amides is 2. The van der Waals surface area contributed by atoms with Crippen molar-refractivity contribution >= 4 is 35.1 Å². The lowest BCUT2D eigenvalue weighted by Crippen LogP contribution is -2.42. The number of hydrogen-bond acceptors (Lipinski definition) is 6. The van der Waals surface area contributed by atoms with Crippen molar-refractivity contribution in [3.05, 3.63) is 96.1 Å². The van der Waals surface area contributed by atoms with Crippen molar-refractivity contribution in [2.24, 2.45) is 0 Å². The van der Waals surface area contributed by atoms with Gasteiger partial charge in [-0.15, -0.1) is 0 Å². The molecular formula is C31H34N4O6. The van der Waals surface area contributed by atoms with Crippen LogP contribution in [-0.2, 0) is 14.4 Å². The van der Waals surface area contributed by atoms with Gasteiger partial charge >= 0.3 is 11.9 Å². The van der Waals surface area contributed by atoms with Gasteiger partial charge in [-0.25, -0.2) is 9.59 Å². The van der Waals surface area contributed by atoms with Crippen LogP contribution in [0.15, 0.2) is 84.9 Å². The summed E-state index contributed by atoms with van der Waals surface area (Å²) in [4.78, 5) is 50.9. The van der Waals surface area contributed by atoms with E-state index in [1.165, 1.54) is 0 Å². The Morgan fingerprint density at radius 1 is 0.732 bits per heavy atom. The third-order valence-corrected chi connectivity index (χ3v) is 6.13. The lowest BCUT2D eigenvalue weighted by Gasteiger charge is -2.29. The van der Waals surface area contributed by atoms with E-state index < -0.39 is 11.9 Å². The number of benzene rings is 3. The summed E-state index contributed by atoms with van der Waals surface area (Å²) in [6.45, 7) is 7.36. The minimum absolute atomic E-state index is 0.0547. The number of anilines is 2. The first-order chi connectivity index (χ1) is 19.7. The number of nitriles is 1. The van der Waals surface area contributed by atoms with Crippen LogP contribution in [0.1, 0.15) is 36.2 Å². The first kappa shape index (κ1) is 32.2. The zero-order chi connectivity index (χ0) is 30.2. The summed E-state index contributed by atoms with van der Waals surface area (Å²) in [6, 6.07) is 27.6. The van der Waals surface area contributed by atoms with Crippen molar-refractivity contribution in [1.29, 1.82) is 5.26 Å². The first-order valence-corrected chi connectivity index (χ1v) is 13.1. The number of aliphatic carboxylic acids is 2. The molecule has 2 amide bonds. The summed E-state index contributed by atoms with van der Waals surface area (Å²) >= 11 is 0. The molecule has 214 valence electrons. The molecule has 2 N–H and O–H groups in total. The molecule has 41 heavy (non-hydrogen) atoms. The lowest BCUT2D eigenvalue weighted by molar-refractivity contribution is -0.159. The standard InChI is InChI=1S/C29H32N4O2.C2H2O4/c1-3-31(4-2)20-11-21-32(29(35)25-18-16-24(22-30)17-19-25)23-28(34)33(26-12-7-5-8-13-26)27-14-9-6-10-15-27;3-1(4)2(5)6/h5-10,12-19H,3-4,11,20-21,23H2,1-2H3;(H,3,4)(H,5,6). The molecule has 0 bridgehead atoms. The van der Waals surface area contributed by atoms with Crippen LogP contribution in [0.25, 0.3) is 0 Å². The summed E-state index contributed by atoms with van der Waals surface area (Å²) in [5.74, 6) is -4.05. The normalized spacial score (nSPS) is 10.1. The van der Waals surface area contributed by atoms with E-state index in [-0.39, 0.29) is 18.4 Å². The molecule has 0 aliphatic carbocycles. The minimum atomic E-state index is -1.82. The Labute approximate surface area is 239 Å². The number of hydrogen-bond donors (Lipinski definition) is 2. The van der Waals surface area contributed by atoms with Gasteiger partial charge in [-0.3, -0.25) is 14.5 Å². The number of carbonyl (C=O) groups excluding carboxylic acids is 2. The molecule has 3 aromatic carbocycles. The second-order valence-electron chi connectivity index (χ2n) is 8.81. The van der Waals surface area contributed by atoms with E-state index in [0.29, 0.717) is 17.7 Å². The fourth-order valence-corrected chi connectivity index (χ4v) is 3.97. The van der Waals surface area contributed by atoms with Crippen molar-refractivity contribution in [3.63, 3.8) is 0 Å². The monoisotopic (exact) mass is 558 g/mol. The van der Waals surface area contributed by atoms with Crippen LogP contribution in [0.4, 0.5) is 11.4 Å². The highest BCUT2D eigenvalue weighted by Gasteiger charge is 2.24. The van der Waals surface area contributed by atoms with Crippen LogP contribution in [-0.4, -0.2) is 76.5 Å². The largest absolute Gasteiger partial charge is 0.473 e. The maximum Gasteiger partial charge on any atom is 0.414 e. The van der Waals surface area contributed by atoms with Gasteiger partial charge in [-0.05, 0) is 74.6 Å². The van der Waals surface area contributed by atoms with Gasteiger partial charge in [-0.1, -0.05) is 50.2 Å². The lowest BCUT2D eigenvalue weighted by atomic mass is 10.1. The topological polar surface area (TPSA) is 142 Å². The summed E-state index contributed by atoms with van der Waals surface area (Å²) in [6.07, 6.45) is 0.758. The second kappa shape index (κ2) is 16.8. The van der Waals surface area contributed by atoms with Gasteiger partial charge in [0.15, 0.2) is 0 Å². The Kier molecular flexibility index (Phi) is 13.2. The summed E-state index contributed by atoms with van der Waals surface area (Å²) in [5, 5.41) is 23.9. The highest BCUT2D eigenvalue weighted by Crippen LogP contribution is 2.25. The number of carboxylic acids is 2. The van der Waals surface area contributed by atoms with E-state index >= 15 is 0 Å². The molecule has 0 aliphatic heterocycles. The van der Waals surface area contributed by atoms with Gasteiger partial charge in [0.05, 0.1) is 11.6 Å². The number of carboxylic acid groups (broad SMARTS) is 2. The van der Waals surface area contributed by atoms with Gasteiger partial charge in [-0.2, -0.15) is 5.26 Å². The van der Waals surface area contributed by atoms with Crippen LogP contribution in [0.5, 0.6) is 0 Å². The van der Waals surface area contributed by atoms with E-state index in [9.17, 15) is 9.59 Å². The summed E-state index contributed by atoms with van der Waals surface area (Å²) in [5.41, 5.74) is 2.45. The molecule has 0 radical (unpaired) electrons. The Balaban J connectivity index is 0.000000883. The first-order valence-electron chi connectivity index (χ1n) is 13.1. The van der Waals surface area contributed by atoms with E-state index in [1.807, 2.05) is 60.7 Å². The van der Waals surface area contributed by atoms with Crippen LogP contribution in [0.2, 0.25) is 0 Å². The van der Waals surface area contributed by atoms with Crippen molar-refractivity contribution in [1.82, 2.24) is 9.80 Å². The highest BCUT2D eigenvalue weighted by atomic mass is 16.4. The van der Waals surface area contributed by atoms with Gasteiger partial charge in [0.1, 0.15) is 6.54 Å². The van der Waals surface area contributed by atoms with Crippen molar-refractivity contribution in [3.8, 4) is 6.07 Å². The predicted octanol–water partition coefficient (Wildman–Crippen LogP) is 4.25. The molecule has 0 aliphatic rings. The van der Waals surface area contributed by atoms with Gasteiger partial charge in [0.25, 0.3) is 11.8 Å². The molecule has 0 aromatic heterocycles. The maximum atomic E-state index is 13.7. The molecule has 0 fully saturated rings. The number of carbonyl (C=O) groups is 4. The van der Waals surface area contributed by atoms with E-state index in [2.05, 4.69) is 24.8 Å². The summed E-state index contributed by atoms with van der Waals surface area (Å²) in [7, 11) is 0. The van der Waals surface area contributed by atoms with Crippen LogP contribution in [0, 0.1) is 11.3 Å². The van der Waals surface area contributed by atoms with Crippen molar-refractivity contribution in [2.75, 3.05) is 37.6 Å². The van der Waals surface area contributed by atoms with E-state index in [4.69, 9.17) is 25.1 Å². The molecule has 0 saturated heterocycles. The minimum Gasteiger partial charge on any atom is -0.473 e. The Bertz CT molecular complexity index is 1270. The Hall–Kier alpha value is -5.01. The van der Waals surface area contributed by atoms with Gasteiger partial charge in [0.2, 0.25) is 0 Å². The van der Waals surface area contributed by atoms with Gasteiger partial charge < -0.3 is 20.0 Å². The molecule has 0 atom stereocenters. The molecule has 3 aromatic rings.